The Morgan fingerprint density at radius 1 is 1.40 bits per heavy atom. The van der Waals surface area contributed by atoms with Crippen LogP contribution in [0.4, 0.5) is 22.0 Å². The Morgan fingerprint density at radius 3 is 3.00 bits per heavy atom. The number of amides is 2. The standard InChI is InChI=1S/C12H15ClN6O/c13-8-2-1-3-9(6-8)18-10-7-17-19-11(10)15-4-5-16-12(14)20/h1-3,6-7,18H,4-5H2,(H3,14,16,20)(H2,15,17,19). The van der Waals surface area contributed by atoms with Crippen molar-refractivity contribution in [2.75, 3.05) is 23.7 Å². The molecule has 6 N–H and O–H groups in total. The Hall–Kier alpha value is -2.41. The zero-order chi connectivity index (χ0) is 14.4. The van der Waals surface area contributed by atoms with Crippen LogP contribution in [0.15, 0.2) is 30.5 Å². The summed E-state index contributed by atoms with van der Waals surface area (Å²) in [5, 5.41) is 16.2. The van der Waals surface area contributed by atoms with E-state index in [2.05, 4.69) is 26.1 Å². The van der Waals surface area contributed by atoms with Gasteiger partial charge < -0.3 is 21.7 Å². The minimum absolute atomic E-state index is 0.422. The third kappa shape index (κ3) is 4.06. The molecule has 0 radical (unpaired) electrons. The number of anilines is 3. The van der Waals surface area contributed by atoms with Crippen molar-refractivity contribution in [2.24, 2.45) is 5.73 Å². The van der Waals surface area contributed by atoms with Crippen molar-refractivity contribution in [3.05, 3.63) is 35.5 Å². The van der Waals surface area contributed by atoms with Gasteiger partial charge in [0.1, 0.15) is 11.5 Å². The van der Waals surface area contributed by atoms with Crippen molar-refractivity contribution in [2.45, 2.75) is 0 Å². The number of aromatic nitrogens is 2. The highest BCUT2D eigenvalue weighted by atomic mass is 35.5. The Labute approximate surface area is 120 Å². The van der Waals surface area contributed by atoms with Crippen molar-refractivity contribution >= 4 is 34.8 Å². The fourth-order valence-corrected chi connectivity index (χ4v) is 1.80. The molecule has 0 spiro atoms. The van der Waals surface area contributed by atoms with Crippen molar-refractivity contribution < 1.29 is 4.79 Å². The topological polar surface area (TPSA) is 108 Å². The smallest absolute Gasteiger partial charge is 0.312 e. The molecule has 0 aliphatic heterocycles. The summed E-state index contributed by atoms with van der Waals surface area (Å²) in [7, 11) is 0. The van der Waals surface area contributed by atoms with E-state index in [0.717, 1.165) is 17.2 Å². The van der Waals surface area contributed by atoms with E-state index < -0.39 is 6.03 Å². The zero-order valence-electron chi connectivity index (χ0n) is 10.6. The predicted octanol–water partition coefficient (Wildman–Crippen LogP) is 1.89. The number of primary amides is 1. The van der Waals surface area contributed by atoms with Crippen LogP contribution in [0.5, 0.6) is 0 Å². The summed E-state index contributed by atoms with van der Waals surface area (Å²) in [4.78, 5) is 10.5. The number of aromatic amines is 1. The number of carbonyl (C=O) groups is 1. The Kier molecular flexibility index (Phi) is 4.67. The van der Waals surface area contributed by atoms with Gasteiger partial charge in [-0.15, -0.1) is 0 Å². The molecule has 0 aliphatic rings. The number of H-pyrrole nitrogens is 1. The van der Waals surface area contributed by atoms with Crippen LogP contribution in [0, 0.1) is 0 Å². The van der Waals surface area contributed by atoms with Crippen LogP contribution >= 0.6 is 11.6 Å². The molecule has 20 heavy (non-hydrogen) atoms. The van der Waals surface area contributed by atoms with E-state index in [9.17, 15) is 4.79 Å². The number of hydrogen-bond acceptors (Lipinski definition) is 4. The molecule has 8 heteroatoms. The van der Waals surface area contributed by atoms with Crippen LogP contribution in [0.1, 0.15) is 0 Å². The number of halogens is 1. The Balaban J connectivity index is 1.93. The average Bonchev–Trinajstić information content (AvgIpc) is 2.82. The molecule has 7 nitrogen and oxygen atoms in total. The first-order valence-corrected chi connectivity index (χ1v) is 6.36. The Morgan fingerprint density at radius 2 is 2.25 bits per heavy atom. The lowest BCUT2D eigenvalue weighted by atomic mass is 10.3. The van der Waals surface area contributed by atoms with Crippen LogP contribution in [-0.2, 0) is 0 Å². The van der Waals surface area contributed by atoms with Crippen LogP contribution < -0.4 is 21.7 Å². The molecule has 0 aliphatic carbocycles. The molecule has 1 heterocycles. The molecule has 2 aromatic rings. The van der Waals surface area contributed by atoms with Gasteiger partial charge in [-0.05, 0) is 18.2 Å². The largest absolute Gasteiger partial charge is 0.367 e. The summed E-state index contributed by atoms with van der Waals surface area (Å²) in [6, 6.07) is 6.82. The molecule has 0 bridgehead atoms. The van der Waals surface area contributed by atoms with Gasteiger partial charge in [0.05, 0.1) is 6.20 Å². The van der Waals surface area contributed by atoms with Gasteiger partial charge in [-0.25, -0.2) is 4.79 Å². The van der Waals surface area contributed by atoms with Gasteiger partial charge in [0.15, 0.2) is 0 Å². The molecule has 2 amide bonds. The number of benzene rings is 1. The molecular formula is C12H15ClN6O. The maximum atomic E-state index is 10.5. The second-order valence-corrected chi connectivity index (χ2v) is 4.45. The molecule has 1 aromatic carbocycles. The van der Waals surface area contributed by atoms with Crippen molar-refractivity contribution in [3.8, 4) is 0 Å². The van der Waals surface area contributed by atoms with E-state index in [-0.39, 0.29) is 0 Å². The molecule has 0 saturated heterocycles. The van der Waals surface area contributed by atoms with Gasteiger partial charge in [0.2, 0.25) is 0 Å². The van der Waals surface area contributed by atoms with E-state index in [1.165, 1.54) is 0 Å². The van der Waals surface area contributed by atoms with Gasteiger partial charge in [-0.1, -0.05) is 17.7 Å². The average molecular weight is 295 g/mol. The molecular weight excluding hydrogens is 280 g/mol. The maximum Gasteiger partial charge on any atom is 0.312 e. The summed E-state index contributed by atoms with van der Waals surface area (Å²) in [6.07, 6.45) is 1.66. The minimum atomic E-state index is -0.548. The van der Waals surface area contributed by atoms with Gasteiger partial charge in [0.25, 0.3) is 0 Å². The summed E-state index contributed by atoms with van der Waals surface area (Å²) in [6.45, 7) is 0.945. The van der Waals surface area contributed by atoms with E-state index in [0.29, 0.717) is 18.1 Å². The number of nitrogens with two attached hydrogens (primary N) is 1. The maximum absolute atomic E-state index is 10.5. The lowest BCUT2D eigenvalue weighted by Crippen LogP contribution is -2.33. The molecule has 0 atom stereocenters. The number of nitrogens with one attached hydrogen (secondary N) is 4. The fourth-order valence-electron chi connectivity index (χ4n) is 1.61. The van der Waals surface area contributed by atoms with Gasteiger partial charge in [-0.2, -0.15) is 5.10 Å². The molecule has 0 fully saturated rings. The van der Waals surface area contributed by atoms with Crippen LogP contribution in [0.2, 0.25) is 5.02 Å². The summed E-state index contributed by atoms with van der Waals surface area (Å²) < 4.78 is 0. The van der Waals surface area contributed by atoms with Crippen LogP contribution in [0.25, 0.3) is 0 Å². The highest BCUT2D eigenvalue weighted by Crippen LogP contribution is 2.24. The van der Waals surface area contributed by atoms with E-state index in [1.54, 1.807) is 12.3 Å². The predicted molar refractivity (Wildman–Crippen MR) is 79.4 cm³/mol. The summed E-state index contributed by atoms with van der Waals surface area (Å²) in [5.74, 6) is 0.719. The fraction of sp³-hybridized carbons (Fsp3) is 0.167. The lowest BCUT2D eigenvalue weighted by Gasteiger charge is -2.09. The second-order valence-electron chi connectivity index (χ2n) is 4.01. The highest BCUT2D eigenvalue weighted by molar-refractivity contribution is 6.30. The van der Waals surface area contributed by atoms with Gasteiger partial charge in [0, 0.05) is 23.8 Å². The van der Waals surface area contributed by atoms with Crippen LogP contribution in [0.3, 0.4) is 0 Å². The van der Waals surface area contributed by atoms with Crippen LogP contribution in [-0.4, -0.2) is 29.3 Å². The number of rotatable bonds is 6. The second kappa shape index (κ2) is 6.67. The lowest BCUT2D eigenvalue weighted by molar-refractivity contribution is 0.249. The summed E-state index contributed by atoms with van der Waals surface area (Å²) >= 11 is 5.93. The molecule has 106 valence electrons. The first-order chi connectivity index (χ1) is 9.65. The molecule has 1 aromatic heterocycles. The monoisotopic (exact) mass is 294 g/mol. The van der Waals surface area contributed by atoms with Gasteiger partial charge >= 0.3 is 6.03 Å². The summed E-state index contributed by atoms with van der Waals surface area (Å²) in [5.41, 5.74) is 6.62. The number of urea groups is 1. The number of nitrogens with zero attached hydrogens (tertiary/aromatic N) is 1. The van der Waals surface area contributed by atoms with Crippen molar-refractivity contribution in [1.82, 2.24) is 15.5 Å². The Bertz CT molecular complexity index is 585. The van der Waals surface area contributed by atoms with E-state index >= 15 is 0 Å². The SMILES string of the molecule is NC(=O)NCCNc1[nH]ncc1Nc1cccc(Cl)c1. The number of hydrogen-bond donors (Lipinski definition) is 5. The van der Waals surface area contributed by atoms with Crippen molar-refractivity contribution in [1.29, 1.82) is 0 Å². The van der Waals surface area contributed by atoms with Gasteiger partial charge in [-0.3, -0.25) is 5.10 Å². The normalized spacial score (nSPS) is 10.1. The molecule has 2 rings (SSSR count). The first kappa shape index (κ1) is 14.0. The van der Waals surface area contributed by atoms with E-state index in [4.69, 9.17) is 17.3 Å². The van der Waals surface area contributed by atoms with E-state index in [1.807, 2.05) is 18.2 Å². The van der Waals surface area contributed by atoms with Crippen molar-refractivity contribution in [3.63, 3.8) is 0 Å². The quantitative estimate of drug-likeness (QED) is 0.524. The third-order valence-corrected chi connectivity index (χ3v) is 2.70. The molecule has 0 unspecified atom stereocenters. The number of carbonyl (C=O) groups excluding carboxylic acids is 1. The zero-order valence-corrected chi connectivity index (χ0v) is 11.4. The minimum Gasteiger partial charge on any atom is -0.367 e. The first-order valence-electron chi connectivity index (χ1n) is 5.98. The highest BCUT2D eigenvalue weighted by Gasteiger charge is 2.05. The third-order valence-electron chi connectivity index (χ3n) is 2.47. The molecule has 0 saturated carbocycles.